The zero-order valence-corrected chi connectivity index (χ0v) is 12.5. The molecule has 2 aromatic rings. The van der Waals surface area contributed by atoms with E-state index in [2.05, 4.69) is 10.1 Å². The summed E-state index contributed by atoms with van der Waals surface area (Å²) in [4.78, 5) is 3.91. The van der Waals surface area contributed by atoms with Crippen LogP contribution in [0, 0.1) is 11.6 Å². The molecular weight excluding hydrogens is 296 g/mol. The van der Waals surface area contributed by atoms with Crippen molar-refractivity contribution in [3.8, 4) is 0 Å². The van der Waals surface area contributed by atoms with E-state index >= 15 is 0 Å². The van der Waals surface area contributed by atoms with Crippen LogP contribution < -0.4 is 0 Å². The number of ether oxygens (including phenoxy) is 1. The van der Waals surface area contributed by atoms with Crippen molar-refractivity contribution in [2.24, 2.45) is 0 Å². The Morgan fingerprint density at radius 1 is 1.38 bits per heavy atom. The van der Waals surface area contributed by atoms with Gasteiger partial charge in [0.25, 0.3) is 0 Å². The van der Waals surface area contributed by atoms with E-state index in [0.29, 0.717) is 18.0 Å². The Morgan fingerprint density at radius 3 is 2.76 bits per heavy atom. The normalized spacial score (nSPS) is 24.4. The minimum Gasteiger partial charge on any atom is -0.356 e. The van der Waals surface area contributed by atoms with Crippen LogP contribution in [0.3, 0.4) is 0 Å². The summed E-state index contributed by atoms with van der Waals surface area (Å²) in [7, 11) is 0. The standard InChI is InChI=1S/C14H15F2N3OS/c1-13(2)14(20-9-21-13,6-19-8-17-7-18-19)11-4-3-10(15)5-12(11)16/h3-5,7-8H,6,9H2,1-2H3. The molecule has 0 spiro atoms. The molecule has 1 aromatic carbocycles. The van der Waals surface area contributed by atoms with Crippen molar-refractivity contribution < 1.29 is 13.5 Å². The molecule has 2 heterocycles. The Hall–Kier alpha value is -1.47. The highest BCUT2D eigenvalue weighted by atomic mass is 32.2. The molecule has 0 radical (unpaired) electrons. The maximum absolute atomic E-state index is 14.3. The van der Waals surface area contributed by atoms with Crippen LogP contribution in [0.2, 0.25) is 0 Å². The molecule has 112 valence electrons. The summed E-state index contributed by atoms with van der Waals surface area (Å²) in [6.07, 6.45) is 2.98. The monoisotopic (exact) mass is 311 g/mol. The van der Waals surface area contributed by atoms with Gasteiger partial charge in [0.15, 0.2) is 0 Å². The molecule has 1 atom stereocenters. The number of hydrogen-bond acceptors (Lipinski definition) is 4. The first kappa shape index (κ1) is 14.5. The van der Waals surface area contributed by atoms with Crippen LogP contribution in [0.5, 0.6) is 0 Å². The second-order valence-corrected chi connectivity index (χ2v) is 7.01. The number of aromatic nitrogens is 3. The second-order valence-electron chi connectivity index (χ2n) is 5.46. The number of rotatable bonds is 3. The molecular formula is C14H15F2N3OS. The van der Waals surface area contributed by atoms with Crippen LogP contribution in [-0.4, -0.2) is 25.5 Å². The maximum Gasteiger partial charge on any atom is 0.137 e. The summed E-state index contributed by atoms with van der Waals surface area (Å²) >= 11 is 1.59. The molecule has 1 fully saturated rings. The fourth-order valence-corrected chi connectivity index (χ4v) is 3.67. The summed E-state index contributed by atoms with van der Waals surface area (Å²) in [6.45, 7) is 4.30. The second kappa shape index (κ2) is 5.06. The molecule has 0 aliphatic carbocycles. The molecule has 1 aliphatic heterocycles. The fourth-order valence-electron chi connectivity index (χ4n) is 2.65. The summed E-state index contributed by atoms with van der Waals surface area (Å²) in [5.41, 5.74) is -0.585. The lowest BCUT2D eigenvalue weighted by molar-refractivity contribution is -0.0486. The van der Waals surface area contributed by atoms with Crippen molar-refractivity contribution in [1.82, 2.24) is 14.8 Å². The van der Waals surface area contributed by atoms with Gasteiger partial charge in [-0.1, -0.05) is 6.07 Å². The molecule has 1 unspecified atom stereocenters. The van der Waals surface area contributed by atoms with Crippen molar-refractivity contribution in [2.45, 2.75) is 30.7 Å². The van der Waals surface area contributed by atoms with Crippen LogP contribution in [0.15, 0.2) is 30.9 Å². The predicted octanol–water partition coefficient (Wildman–Crippen LogP) is 2.95. The van der Waals surface area contributed by atoms with E-state index < -0.39 is 22.0 Å². The van der Waals surface area contributed by atoms with Gasteiger partial charge in [-0.05, 0) is 19.9 Å². The van der Waals surface area contributed by atoms with Gasteiger partial charge in [-0.25, -0.2) is 18.4 Å². The Balaban J connectivity index is 2.12. The van der Waals surface area contributed by atoms with Gasteiger partial charge < -0.3 is 4.74 Å². The van der Waals surface area contributed by atoms with Gasteiger partial charge in [0, 0.05) is 16.4 Å². The van der Waals surface area contributed by atoms with E-state index in [9.17, 15) is 8.78 Å². The number of hydrogen-bond donors (Lipinski definition) is 0. The lowest BCUT2D eigenvalue weighted by Gasteiger charge is -2.39. The van der Waals surface area contributed by atoms with Crippen molar-refractivity contribution in [3.05, 3.63) is 48.1 Å². The lowest BCUT2D eigenvalue weighted by atomic mass is 9.81. The van der Waals surface area contributed by atoms with Crippen LogP contribution >= 0.6 is 11.8 Å². The molecule has 0 bridgehead atoms. The van der Waals surface area contributed by atoms with Gasteiger partial charge in [0.1, 0.15) is 29.9 Å². The van der Waals surface area contributed by atoms with Crippen molar-refractivity contribution in [2.75, 3.05) is 5.94 Å². The van der Waals surface area contributed by atoms with Gasteiger partial charge in [-0.15, -0.1) is 11.8 Å². The Kier molecular flexibility index (Phi) is 3.49. The third-order valence-corrected chi connectivity index (χ3v) is 5.20. The van der Waals surface area contributed by atoms with Gasteiger partial charge in [0.2, 0.25) is 0 Å². The topological polar surface area (TPSA) is 39.9 Å². The first-order valence-corrected chi connectivity index (χ1v) is 7.49. The third-order valence-electron chi connectivity index (χ3n) is 3.92. The van der Waals surface area contributed by atoms with Gasteiger partial charge in [-0.2, -0.15) is 5.10 Å². The highest BCUT2D eigenvalue weighted by molar-refractivity contribution is 8.00. The number of halogens is 2. The molecule has 1 aromatic heterocycles. The highest BCUT2D eigenvalue weighted by Gasteiger charge is 2.54. The summed E-state index contributed by atoms with van der Waals surface area (Å²) in [6, 6.07) is 3.60. The number of thioether (sulfide) groups is 1. The SMILES string of the molecule is CC1(C)SCOC1(Cn1cncn1)c1ccc(F)cc1F. The van der Waals surface area contributed by atoms with Crippen LogP contribution in [0.1, 0.15) is 19.4 Å². The first-order chi connectivity index (χ1) is 9.95. The molecule has 21 heavy (non-hydrogen) atoms. The van der Waals surface area contributed by atoms with Gasteiger partial charge in [0.05, 0.1) is 12.5 Å². The minimum absolute atomic E-state index is 0.315. The van der Waals surface area contributed by atoms with E-state index in [1.165, 1.54) is 18.5 Å². The van der Waals surface area contributed by atoms with Gasteiger partial charge in [-0.3, -0.25) is 0 Å². The van der Waals surface area contributed by atoms with E-state index in [-0.39, 0.29) is 0 Å². The first-order valence-electron chi connectivity index (χ1n) is 6.50. The predicted molar refractivity (Wildman–Crippen MR) is 75.7 cm³/mol. The molecule has 1 saturated heterocycles. The molecule has 4 nitrogen and oxygen atoms in total. The number of nitrogens with zero attached hydrogens (tertiary/aromatic N) is 3. The van der Waals surface area contributed by atoms with Gasteiger partial charge >= 0.3 is 0 Å². The molecule has 0 saturated carbocycles. The van der Waals surface area contributed by atoms with Crippen molar-refractivity contribution >= 4 is 11.8 Å². The number of benzene rings is 1. The smallest absolute Gasteiger partial charge is 0.137 e. The summed E-state index contributed by atoms with van der Waals surface area (Å²) in [5, 5.41) is 4.08. The summed E-state index contributed by atoms with van der Waals surface area (Å²) in [5.74, 6) is -0.764. The van der Waals surface area contributed by atoms with Crippen molar-refractivity contribution in [1.29, 1.82) is 0 Å². The Morgan fingerprint density at radius 2 is 2.19 bits per heavy atom. The van der Waals surface area contributed by atoms with Crippen LogP contribution in [-0.2, 0) is 16.9 Å². The average molecular weight is 311 g/mol. The van der Waals surface area contributed by atoms with Crippen LogP contribution in [0.25, 0.3) is 0 Å². The van der Waals surface area contributed by atoms with Crippen LogP contribution in [0.4, 0.5) is 8.78 Å². The molecule has 0 N–H and O–H groups in total. The average Bonchev–Trinajstić information content (AvgIpc) is 2.99. The minimum atomic E-state index is -0.927. The van der Waals surface area contributed by atoms with E-state index in [4.69, 9.17) is 4.74 Å². The van der Waals surface area contributed by atoms with E-state index in [1.54, 1.807) is 22.8 Å². The molecule has 7 heteroatoms. The lowest BCUT2D eigenvalue weighted by Crippen LogP contribution is -2.46. The zero-order valence-electron chi connectivity index (χ0n) is 11.7. The summed E-state index contributed by atoms with van der Waals surface area (Å²) < 4.78 is 34.7. The quantitative estimate of drug-likeness (QED) is 0.874. The molecule has 1 aliphatic rings. The highest BCUT2D eigenvalue weighted by Crippen LogP contribution is 2.52. The third kappa shape index (κ3) is 2.34. The molecule has 0 amide bonds. The Labute approximate surface area is 125 Å². The molecule has 3 rings (SSSR count). The van der Waals surface area contributed by atoms with E-state index in [1.807, 2.05) is 13.8 Å². The zero-order chi connectivity index (χ0) is 15.1. The Bertz CT molecular complexity index is 648. The fraction of sp³-hybridized carbons (Fsp3) is 0.429. The van der Waals surface area contributed by atoms with E-state index in [0.717, 1.165) is 6.07 Å². The van der Waals surface area contributed by atoms with Crippen molar-refractivity contribution in [3.63, 3.8) is 0 Å². The largest absolute Gasteiger partial charge is 0.356 e. The maximum atomic E-state index is 14.3.